The second-order valence-electron chi connectivity index (χ2n) is 16.1. The topological polar surface area (TPSA) is 35.3 Å². The molecule has 0 fully saturated rings. The van der Waals surface area contributed by atoms with E-state index in [-0.39, 0.29) is 0 Å². The Morgan fingerprint density at radius 2 is 0.794 bits per heavy atom. The zero-order valence-corrected chi connectivity index (χ0v) is 34.1. The van der Waals surface area contributed by atoms with E-state index in [2.05, 4.69) is 254 Å². The SMILES string of the molecule is c1ccc(-c2ccc(N(c3ccc4c(c3)c3ccccc3n4-c3ccccc3)c3ccc4c(c3)n(-c3ccccc3)c3nc5c6ccccc6n(-c6ccccc6)c5n43)cc2)cc1. The molecule has 0 amide bonds. The van der Waals surface area contributed by atoms with E-state index in [1.165, 1.54) is 27.4 Å². The molecule has 0 aliphatic rings. The molecule has 0 aliphatic heterocycles. The molecule has 0 radical (unpaired) electrons. The van der Waals surface area contributed by atoms with Gasteiger partial charge in [0.1, 0.15) is 5.52 Å². The number of aromatic nitrogens is 5. The van der Waals surface area contributed by atoms with Crippen molar-refractivity contribution >= 4 is 77.7 Å². The van der Waals surface area contributed by atoms with Gasteiger partial charge in [-0.05, 0) is 108 Å². The van der Waals surface area contributed by atoms with Gasteiger partial charge >= 0.3 is 0 Å². The first-order valence-electron chi connectivity index (χ1n) is 21.4. The summed E-state index contributed by atoms with van der Waals surface area (Å²) < 4.78 is 9.39. The summed E-state index contributed by atoms with van der Waals surface area (Å²) in [6.07, 6.45) is 0. The Balaban J connectivity index is 1.08. The number of benzene rings is 9. The monoisotopic (exact) mass is 806 g/mol. The number of imidazole rings is 2. The first kappa shape index (κ1) is 35.2. The molecule has 6 heteroatoms. The third-order valence-corrected chi connectivity index (χ3v) is 12.5. The van der Waals surface area contributed by atoms with E-state index in [1.54, 1.807) is 0 Å². The van der Waals surface area contributed by atoms with Crippen LogP contribution in [0.3, 0.4) is 0 Å². The van der Waals surface area contributed by atoms with Gasteiger partial charge in [-0.3, -0.25) is 13.5 Å². The normalized spacial score (nSPS) is 11.8. The van der Waals surface area contributed by atoms with E-state index in [1.807, 2.05) is 0 Å². The molecular formula is C57H38N6. The zero-order chi connectivity index (χ0) is 41.4. The number of hydrogen-bond acceptors (Lipinski definition) is 2. The second-order valence-corrected chi connectivity index (χ2v) is 16.1. The highest BCUT2D eigenvalue weighted by molar-refractivity contribution is 6.11. The molecule has 0 bridgehead atoms. The van der Waals surface area contributed by atoms with Crippen LogP contribution in [0.4, 0.5) is 17.1 Å². The van der Waals surface area contributed by atoms with Gasteiger partial charge < -0.3 is 9.47 Å². The Bertz CT molecular complexity index is 3820. The predicted octanol–water partition coefficient (Wildman–Crippen LogP) is 14.6. The van der Waals surface area contributed by atoms with Gasteiger partial charge in [-0.15, -0.1) is 0 Å². The van der Waals surface area contributed by atoms with Gasteiger partial charge in [0.05, 0.1) is 27.6 Å². The minimum Gasteiger partial charge on any atom is -0.310 e. The van der Waals surface area contributed by atoms with Crippen LogP contribution in [0.1, 0.15) is 0 Å². The molecule has 6 nitrogen and oxygen atoms in total. The molecule has 63 heavy (non-hydrogen) atoms. The quantitative estimate of drug-likeness (QED) is 0.161. The molecule has 0 saturated heterocycles. The number of fused-ring (bicyclic) bond motifs is 10. The van der Waals surface area contributed by atoms with Gasteiger partial charge in [0, 0.05) is 50.3 Å². The van der Waals surface area contributed by atoms with Crippen LogP contribution in [-0.2, 0) is 0 Å². The minimum atomic E-state index is 0.864. The minimum absolute atomic E-state index is 0.864. The van der Waals surface area contributed by atoms with E-state index < -0.39 is 0 Å². The van der Waals surface area contributed by atoms with Crippen LogP contribution in [0.15, 0.2) is 231 Å². The summed E-state index contributed by atoms with van der Waals surface area (Å²) in [6.45, 7) is 0. The van der Waals surface area contributed by atoms with Gasteiger partial charge in [-0.25, -0.2) is 4.98 Å². The number of hydrogen-bond donors (Lipinski definition) is 0. The van der Waals surface area contributed by atoms with E-state index in [4.69, 9.17) is 4.98 Å². The average molecular weight is 807 g/mol. The number of para-hydroxylation sites is 5. The molecule has 0 atom stereocenters. The van der Waals surface area contributed by atoms with Gasteiger partial charge in [-0.1, -0.05) is 133 Å². The first-order chi connectivity index (χ1) is 31.3. The molecule has 0 unspecified atom stereocenters. The van der Waals surface area contributed by atoms with Crippen molar-refractivity contribution in [3.63, 3.8) is 0 Å². The fourth-order valence-corrected chi connectivity index (χ4v) is 9.77. The highest BCUT2D eigenvalue weighted by atomic mass is 15.3. The summed E-state index contributed by atoms with van der Waals surface area (Å²) in [5.74, 6) is 0.864. The average Bonchev–Trinajstić information content (AvgIpc) is 4.08. The zero-order valence-electron chi connectivity index (χ0n) is 34.1. The smallest absolute Gasteiger partial charge is 0.221 e. The molecule has 4 heterocycles. The van der Waals surface area contributed by atoms with Crippen molar-refractivity contribution in [2.75, 3.05) is 4.90 Å². The second kappa shape index (κ2) is 14.0. The Morgan fingerprint density at radius 3 is 1.46 bits per heavy atom. The summed E-state index contributed by atoms with van der Waals surface area (Å²) in [6, 6.07) is 82.5. The lowest BCUT2D eigenvalue weighted by Crippen LogP contribution is -2.10. The molecule has 4 aromatic heterocycles. The number of anilines is 3. The standard InChI is InChI=1S/C57H38N6/c1-5-17-39(18-6-1)40-29-31-44(32-30-40)59(45-33-35-52-49(37-45)47-25-13-15-27-50(47)60(52)41-19-7-2-8-20-41)46-34-36-53-54(38-46)62(43-23-11-4-12-24-43)57-58-55-48-26-14-16-28-51(48)61(56(55)63(53)57)42-21-9-3-10-22-42/h1-38H. The van der Waals surface area contributed by atoms with E-state index >= 15 is 0 Å². The van der Waals surface area contributed by atoms with Crippen LogP contribution in [0, 0.1) is 0 Å². The lowest BCUT2D eigenvalue weighted by atomic mass is 10.0. The Labute approximate surface area is 363 Å². The lowest BCUT2D eigenvalue weighted by Gasteiger charge is -2.26. The first-order valence-corrected chi connectivity index (χ1v) is 21.4. The van der Waals surface area contributed by atoms with Crippen molar-refractivity contribution in [2.45, 2.75) is 0 Å². The maximum absolute atomic E-state index is 5.51. The highest BCUT2D eigenvalue weighted by Crippen LogP contribution is 2.43. The summed E-state index contributed by atoms with van der Waals surface area (Å²) in [5, 5.41) is 3.53. The Morgan fingerprint density at radius 1 is 0.317 bits per heavy atom. The van der Waals surface area contributed by atoms with Crippen LogP contribution in [-0.4, -0.2) is 23.1 Å². The van der Waals surface area contributed by atoms with Gasteiger partial charge in [0.25, 0.3) is 0 Å². The van der Waals surface area contributed by atoms with Gasteiger partial charge in [0.15, 0.2) is 5.65 Å². The summed E-state index contributed by atoms with van der Waals surface area (Å²) in [7, 11) is 0. The molecule has 13 aromatic rings. The van der Waals surface area contributed by atoms with Crippen molar-refractivity contribution in [3.8, 4) is 28.2 Å². The van der Waals surface area contributed by atoms with Crippen molar-refractivity contribution in [3.05, 3.63) is 231 Å². The van der Waals surface area contributed by atoms with Gasteiger partial charge in [-0.2, -0.15) is 0 Å². The van der Waals surface area contributed by atoms with Gasteiger partial charge in [0.2, 0.25) is 5.78 Å². The summed E-state index contributed by atoms with van der Waals surface area (Å²) in [5.41, 5.74) is 16.4. The number of nitrogens with zero attached hydrogens (tertiary/aromatic N) is 6. The van der Waals surface area contributed by atoms with E-state index in [9.17, 15) is 0 Å². The van der Waals surface area contributed by atoms with Crippen LogP contribution < -0.4 is 4.90 Å². The molecule has 13 rings (SSSR count). The van der Waals surface area contributed by atoms with Crippen LogP contribution in [0.5, 0.6) is 0 Å². The van der Waals surface area contributed by atoms with Crippen molar-refractivity contribution < 1.29 is 0 Å². The molecule has 0 aliphatic carbocycles. The largest absolute Gasteiger partial charge is 0.310 e. The maximum Gasteiger partial charge on any atom is 0.221 e. The van der Waals surface area contributed by atoms with Crippen molar-refractivity contribution in [1.29, 1.82) is 0 Å². The maximum atomic E-state index is 5.51. The van der Waals surface area contributed by atoms with Crippen LogP contribution >= 0.6 is 0 Å². The fraction of sp³-hybridized carbons (Fsp3) is 0. The Kier molecular flexibility index (Phi) is 7.80. The predicted molar refractivity (Wildman–Crippen MR) is 261 cm³/mol. The van der Waals surface area contributed by atoms with E-state index in [0.717, 1.165) is 78.5 Å². The fourth-order valence-electron chi connectivity index (χ4n) is 9.77. The molecule has 0 saturated carbocycles. The summed E-state index contributed by atoms with van der Waals surface area (Å²) in [4.78, 5) is 7.90. The van der Waals surface area contributed by atoms with Crippen molar-refractivity contribution in [1.82, 2.24) is 23.1 Å². The molecule has 296 valence electrons. The van der Waals surface area contributed by atoms with Crippen molar-refractivity contribution in [2.24, 2.45) is 0 Å². The third kappa shape index (κ3) is 5.41. The molecule has 0 spiro atoms. The summed E-state index contributed by atoms with van der Waals surface area (Å²) >= 11 is 0. The van der Waals surface area contributed by atoms with Crippen LogP contribution in [0.25, 0.3) is 88.9 Å². The van der Waals surface area contributed by atoms with Crippen LogP contribution in [0.2, 0.25) is 0 Å². The highest BCUT2D eigenvalue weighted by Gasteiger charge is 2.25. The Hall–Kier alpha value is -8.61. The lowest BCUT2D eigenvalue weighted by molar-refractivity contribution is 1.08. The molecule has 0 N–H and O–H groups in total. The third-order valence-electron chi connectivity index (χ3n) is 12.5. The molecule has 9 aromatic carbocycles. The number of rotatable bonds is 7. The molecular weight excluding hydrogens is 769 g/mol. The van der Waals surface area contributed by atoms with E-state index in [0.29, 0.717) is 0 Å².